The fourth-order valence-electron chi connectivity index (χ4n) is 5.60. The molecule has 3 heterocycles. The summed E-state index contributed by atoms with van der Waals surface area (Å²) >= 11 is 6.79. The number of aromatic nitrogens is 2. The first-order valence-corrected chi connectivity index (χ1v) is 15.6. The number of fused-ring (bicyclic) bond motifs is 1. The van der Waals surface area contributed by atoms with Crippen molar-refractivity contribution in [1.82, 2.24) is 19.1 Å². The number of amidine groups is 1. The Morgan fingerprint density at radius 3 is 2.38 bits per heavy atom. The predicted octanol–water partition coefficient (Wildman–Crippen LogP) is 6.85. The fourth-order valence-corrected chi connectivity index (χ4v) is 10.1. The van der Waals surface area contributed by atoms with Crippen LogP contribution in [0.25, 0.3) is 5.69 Å². The molecule has 2 aliphatic heterocycles. The van der Waals surface area contributed by atoms with E-state index in [0.717, 1.165) is 29.5 Å². The van der Waals surface area contributed by atoms with Crippen molar-refractivity contribution >= 4 is 41.6 Å². The Balaban J connectivity index is 1.62. The average Bonchev–Trinajstić information content (AvgIpc) is 3.77. The van der Waals surface area contributed by atoms with Gasteiger partial charge in [0.1, 0.15) is 11.7 Å². The van der Waals surface area contributed by atoms with Crippen molar-refractivity contribution in [2.45, 2.75) is 25.8 Å². The lowest BCUT2D eigenvalue weighted by atomic mass is 10.2. The highest BCUT2D eigenvalue weighted by Gasteiger charge is 2.52. The summed E-state index contributed by atoms with van der Waals surface area (Å²) in [7, 11) is -2.84. The van der Waals surface area contributed by atoms with Gasteiger partial charge in [0.2, 0.25) is 0 Å². The summed E-state index contributed by atoms with van der Waals surface area (Å²) in [4.78, 5) is 5.25. The molecule has 0 spiro atoms. The lowest BCUT2D eigenvalue weighted by molar-refractivity contribution is 0.0729. The Hall–Kier alpha value is -3.29. The van der Waals surface area contributed by atoms with Crippen molar-refractivity contribution in [2.24, 2.45) is 9.74 Å². The normalized spacial score (nSPS) is 21.2. The van der Waals surface area contributed by atoms with Gasteiger partial charge in [0.05, 0.1) is 46.2 Å². The average molecular weight is 575 g/mol. The third-order valence-electron chi connectivity index (χ3n) is 7.52. The van der Waals surface area contributed by atoms with Crippen LogP contribution in [-0.2, 0) is 4.74 Å². The Labute approximate surface area is 238 Å². The summed E-state index contributed by atoms with van der Waals surface area (Å²) < 4.78 is 33.8. The van der Waals surface area contributed by atoms with Gasteiger partial charge in [-0.3, -0.25) is 0 Å². The van der Waals surface area contributed by atoms with Gasteiger partial charge < -0.3 is 9.41 Å². The Bertz CT molecular complexity index is 1660. The number of hydrogen-bond acceptors (Lipinski definition) is 4. The SMILES string of the molecule is Cc1nn(-c2ccccc2)c2c1[P@@](=Nc1ccccc1Cl)(N1CCOCC1)N(C1CC1)C(c1ccccc1F)=N2. The van der Waals surface area contributed by atoms with Crippen LogP contribution in [0.5, 0.6) is 0 Å². The topological polar surface area (TPSA) is 58.3 Å². The van der Waals surface area contributed by atoms with Gasteiger partial charge in [-0.25, -0.2) is 23.5 Å². The molecule has 0 bridgehead atoms. The monoisotopic (exact) mass is 574 g/mol. The van der Waals surface area contributed by atoms with E-state index in [9.17, 15) is 0 Å². The molecule has 1 saturated heterocycles. The van der Waals surface area contributed by atoms with E-state index >= 15 is 4.39 Å². The Kier molecular flexibility index (Phi) is 6.59. The maximum absolute atomic E-state index is 15.6. The summed E-state index contributed by atoms with van der Waals surface area (Å²) in [6, 6.07) is 24.7. The van der Waals surface area contributed by atoms with Crippen molar-refractivity contribution < 1.29 is 9.13 Å². The second-order valence-electron chi connectivity index (χ2n) is 10.2. The van der Waals surface area contributed by atoms with Crippen LogP contribution in [0, 0.1) is 12.7 Å². The standard InChI is InChI=1S/C30H29ClFN6OP/c1-21-28-30(37(34-21)22-9-3-2-4-10-22)33-29(24-11-5-7-13-26(24)32)38(23-15-16-23)40(28,36-17-19-39-20-18-36)35-27-14-8-6-12-25(27)31/h2-14,23H,15-20H2,1H3/t40-/m1/s1. The zero-order chi connectivity index (χ0) is 27.3. The first-order valence-electron chi connectivity index (χ1n) is 13.6. The smallest absolute Gasteiger partial charge is 0.170 e. The van der Waals surface area contributed by atoms with Gasteiger partial charge in [-0.2, -0.15) is 5.10 Å². The van der Waals surface area contributed by atoms with Crippen LogP contribution in [0.3, 0.4) is 0 Å². The van der Waals surface area contributed by atoms with Gasteiger partial charge >= 0.3 is 0 Å². The molecule has 4 aromatic rings. The van der Waals surface area contributed by atoms with Gasteiger partial charge in [0.25, 0.3) is 0 Å². The second-order valence-corrected chi connectivity index (χ2v) is 13.4. The Morgan fingerprint density at radius 2 is 1.65 bits per heavy atom. The zero-order valence-corrected chi connectivity index (χ0v) is 23.8. The van der Waals surface area contributed by atoms with Gasteiger partial charge in [0.15, 0.2) is 13.2 Å². The lowest BCUT2D eigenvalue weighted by Crippen LogP contribution is -2.48. The van der Waals surface area contributed by atoms with Crippen LogP contribution in [0.1, 0.15) is 24.1 Å². The molecular weight excluding hydrogens is 546 g/mol. The minimum Gasteiger partial charge on any atom is -0.379 e. The fraction of sp³-hybridized carbons (Fsp3) is 0.267. The molecule has 204 valence electrons. The van der Waals surface area contributed by atoms with E-state index in [1.165, 1.54) is 6.07 Å². The van der Waals surface area contributed by atoms with Crippen molar-refractivity contribution in [3.05, 3.63) is 101 Å². The van der Waals surface area contributed by atoms with Crippen LogP contribution < -0.4 is 5.30 Å². The van der Waals surface area contributed by atoms with E-state index in [1.807, 2.05) is 78.3 Å². The largest absolute Gasteiger partial charge is 0.379 e. The molecule has 1 aromatic heterocycles. The highest BCUT2D eigenvalue weighted by atomic mass is 35.5. The molecule has 0 amide bonds. The molecule has 1 atom stereocenters. The number of hydrogen-bond donors (Lipinski definition) is 0. The molecule has 1 saturated carbocycles. The summed E-state index contributed by atoms with van der Waals surface area (Å²) in [6.07, 6.45) is 1.97. The van der Waals surface area contributed by atoms with Crippen molar-refractivity contribution in [2.75, 3.05) is 26.3 Å². The van der Waals surface area contributed by atoms with Crippen molar-refractivity contribution in [3.63, 3.8) is 0 Å². The number of halogens is 2. The summed E-state index contributed by atoms with van der Waals surface area (Å²) in [6.45, 7) is 4.58. The molecule has 0 unspecified atom stereocenters. The molecular formula is C30H29ClFN6OP. The molecule has 1 aliphatic carbocycles. The second kappa shape index (κ2) is 10.3. The van der Waals surface area contributed by atoms with Gasteiger partial charge in [-0.1, -0.05) is 54.1 Å². The molecule has 2 fully saturated rings. The van der Waals surface area contributed by atoms with Crippen molar-refractivity contribution in [3.8, 4) is 5.69 Å². The van der Waals surface area contributed by atoms with E-state index in [-0.39, 0.29) is 11.9 Å². The highest BCUT2D eigenvalue weighted by molar-refractivity contribution is 7.70. The highest BCUT2D eigenvalue weighted by Crippen LogP contribution is 2.65. The quantitative estimate of drug-likeness (QED) is 0.245. The molecule has 40 heavy (non-hydrogen) atoms. The van der Waals surface area contributed by atoms with Crippen LogP contribution in [0.2, 0.25) is 5.02 Å². The minimum absolute atomic E-state index is 0.174. The molecule has 3 aromatic carbocycles. The molecule has 0 N–H and O–H groups in total. The van der Waals surface area contributed by atoms with Crippen LogP contribution >= 0.6 is 19.0 Å². The molecule has 7 nitrogen and oxygen atoms in total. The maximum Gasteiger partial charge on any atom is 0.170 e. The Morgan fingerprint density at radius 1 is 0.950 bits per heavy atom. The number of nitrogens with zero attached hydrogens (tertiary/aromatic N) is 6. The van der Waals surface area contributed by atoms with Gasteiger partial charge in [-0.15, -0.1) is 0 Å². The number of aryl methyl sites for hydroxylation is 1. The first-order chi connectivity index (χ1) is 19.6. The van der Waals surface area contributed by atoms with Crippen molar-refractivity contribution in [1.29, 1.82) is 0 Å². The number of para-hydroxylation sites is 1. The van der Waals surface area contributed by atoms with Crippen LogP contribution in [0.4, 0.5) is 15.9 Å². The zero-order valence-electron chi connectivity index (χ0n) is 22.1. The molecule has 10 heteroatoms. The summed E-state index contributed by atoms with van der Waals surface area (Å²) in [5.41, 5.74) is 2.92. The summed E-state index contributed by atoms with van der Waals surface area (Å²) in [5, 5.41) is 6.62. The van der Waals surface area contributed by atoms with Gasteiger partial charge in [-0.05, 0) is 56.2 Å². The van der Waals surface area contributed by atoms with E-state index in [1.54, 1.807) is 6.07 Å². The summed E-state index contributed by atoms with van der Waals surface area (Å²) in [5.74, 6) is 0.978. The van der Waals surface area contributed by atoms with E-state index < -0.39 is 7.36 Å². The minimum atomic E-state index is -2.84. The third-order valence-corrected chi connectivity index (χ3v) is 11.8. The molecule has 3 aliphatic rings. The van der Waals surface area contributed by atoms with E-state index in [2.05, 4.69) is 9.34 Å². The third kappa shape index (κ3) is 4.22. The number of aliphatic imine (C=N–C) groups is 1. The number of rotatable bonds is 5. The molecule has 0 radical (unpaired) electrons. The number of ether oxygens (including phenoxy) is 1. The van der Waals surface area contributed by atoms with E-state index in [4.69, 9.17) is 31.2 Å². The van der Waals surface area contributed by atoms with Gasteiger partial charge in [0, 0.05) is 19.1 Å². The number of morpholine rings is 1. The lowest BCUT2D eigenvalue weighted by Gasteiger charge is -2.48. The first kappa shape index (κ1) is 25.7. The molecule has 7 rings (SSSR count). The maximum atomic E-state index is 15.6. The van der Waals surface area contributed by atoms with Crippen LogP contribution in [0.15, 0.2) is 88.6 Å². The number of benzene rings is 3. The van der Waals surface area contributed by atoms with E-state index in [0.29, 0.717) is 54.2 Å². The van der Waals surface area contributed by atoms with Crippen LogP contribution in [-0.4, -0.2) is 57.3 Å². The predicted molar refractivity (Wildman–Crippen MR) is 158 cm³/mol.